The van der Waals surface area contributed by atoms with Crippen molar-refractivity contribution < 1.29 is 4.79 Å². The summed E-state index contributed by atoms with van der Waals surface area (Å²) in [6, 6.07) is 0. The molecule has 0 rings (SSSR count). The Hall–Kier alpha value is -0.770. The molecule has 13 heavy (non-hydrogen) atoms. The van der Waals surface area contributed by atoms with E-state index in [0.29, 0.717) is 5.71 Å². The lowest BCUT2D eigenvalue weighted by Gasteiger charge is -2.15. The number of carbonyl (C=O) groups is 1. The van der Waals surface area contributed by atoms with Crippen molar-refractivity contribution in [3.63, 3.8) is 0 Å². The summed E-state index contributed by atoms with van der Waals surface area (Å²) >= 11 is 1.25. The molecule has 1 N–H and O–H groups in total. The lowest BCUT2D eigenvalue weighted by atomic mass is 10.3. The Labute approximate surface area is 83.7 Å². The number of nitrogens with one attached hydrogen (secondary N) is 1. The molecule has 3 nitrogen and oxygen atoms in total. The van der Waals surface area contributed by atoms with Crippen LogP contribution in [-0.2, 0) is 4.79 Å². The summed E-state index contributed by atoms with van der Waals surface area (Å²) in [5, 5.41) is 3.75. The van der Waals surface area contributed by atoms with Crippen molar-refractivity contribution in [2.45, 2.75) is 25.5 Å². The Bertz CT molecular complexity index is 228. The molecule has 0 aromatic carbocycles. The van der Waals surface area contributed by atoms with Crippen LogP contribution >= 0.6 is 11.8 Å². The van der Waals surface area contributed by atoms with E-state index in [1.165, 1.54) is 17.8 Å². The van der Waals surface area contributed by atoms with Crippen molar-refractivity contribution in [1.82, 2.24) is 5.43 Å². The quantitative estimate of drug-likeness (QED) is 0.558. The number of hydrogen-bond acceptors (Lipinski definition) is 4. The molecule has 0 aliphatic rings. The second-order valence-corrected chi connectivity index (χ2v) is 5.23. The Balaban J connectivity index is 4.41. The first-order valence-corrected chi connectivity index (χ1v) is 4.82. The monoisotopic (exact) mass is 200 g/mol. The maximum Gasteiger partial charge on any atom is 0.240 e. The molecule has 0 heterocycles. The van der Waals surface area contributed by atoms with Gasteiger partial charge in [-0.1, -0.05) is 39.1 Å². The molecule has 74 valence electrons. The second kappa shape index (κ2) is 5.07. The lowest BCUT2D eigenvalue weighted by molar-refractivity contribution is -0.105. The number of hydrazone groups is 1. The van der Waals surface area contributed by atoms with Crippen molar-refractivity contribution >= 4 is 22.6 Å². The Morgan fingerprint density at radius 1 is 1.54 bits per heavy atom. The fourth-order valence-corrected chi connectivity index (χ4v) is 1.42. The van der Waals surface area contributed by atoms with E-state index >= 15 is 0 Å². The molecule has 0 aliphatic heterocycles. The standard InChI is InChI=1S/C9H16N2OS/c1-6-7(11-10-5)8(12)13-9(2,3)4/h6,10H,1H2,2-5H3/b11-7+. The van der Waals surface area contributed by atoms with Crippen molar-refractivity contribution in [2.24, 2.45) is 5.10 Å². The minimum atomic E-state index is -0.0887. The van der Waals surface area contributed by atoms with Crippen LogP contribution in [0.3, 0.4) is 0 Å². The van der Waals surface area contributed by atoms with E-state index in [4.69, 9.17) is 0 Å². The van der Waals surface area contributed by atoms with E-state index in [0.717, 1.165) is 0 Å². The minimum Gasteiger partial charge on any atom is -0.312 e. The zero-order valence-electron chi connectivity index (χ0n) is 8.55. The average Bonchev–Trinajstić information content (AvgIpc) is 1.96. The first kappa shape index (κ1) is 12.2. The van der Waals surface area contributed by atoms with E-state index in [1.807, 2.05) is 20.8 Å². The molecule has 0 spiro atoms. The predicted octanol–water partition coefficient (Wildman–Crippen LogP) is 1.81. The summed E-state index contributed by atoms with van der Waals surface area (Å²) in [5.41, 5.74) is 2.93. The minimum absolute atomic E-state index is 0.0585. The predicted molar refractivity (Wildman–Crippen MR) is 59.0 cm³/mol. The van der Waals surface area contributed by atoms with Gasteiger partial charge in [0.1, 0.15) is 5.71 Å². The van der Waals surface area contributed by atoms with Gasteiger partial charge in [0.05, 0.1) is 0 Å². The zero-order valence-corrected chi connectivity index (χ0v) is 9.36. The molecule has 0 amide bonds. The largest absolute Gasteiger partial charge is 0.312 e. The molecule has 0 radical (unpaired) electrons. The molecule has 4 heteroatoms. The highest BCUT2D eigenvalue weighted by molar-refractivity contribution is 8.16. The summed E-state index contributed by atoms with van der Waals surface area (Å²) in [7, 11) is 1.65. The van der Waals surface area contributed by atoms with Crippen LogP contribution in [0.2, 0.25) is 0 Å². The van der Waals surface area contributed by atoms with Crippen LogP contribution in [-0.4, -0.2) is 22.6 Å². The van der Waals surface area contributed by atoms with Gasteiger partial charge in [0.2, 0.25) is 5.12 Å². The first-order chi connectivity index (χ1) is 5.90. The lowest BCUT2D eigenvalue weighted by Crippen LogP contribution is -2.18. The second-order valence-electron chi connectivity index (χ2n) is 3.43. The van der Waals surface area contributed by atoms with E-state index in [2.05, 4.69) is 17.1 Å². The van der Waals surface area contributed by atoms with Crippen LogP contribution in [0.25, 0.3) is 0 Å². The van der Waals surface area contributed by atoms with Gasteiger partial charge in [-0.2, -0.15) is 5.10 Å². The van der Waals surface area contributed by atoms with Crippen LogP contribution in [0.15, 0.2) is 17.8 Å². The molecule has 0 aromatic rings. The Morgan fingerprint density at radius 2 is 2.08 bits per heavy atom. The molecule has 0 bridgehead atoms. The first-order valence-electron chi connectivity index (χ1n) is 4.01. The van der Waals surface area contributed by atoms with Crippen LogP contribution in [0.1, 0.15) is 20.8 Å². The van der Waals surface area contributed by atoms with Gasteiger partial charge < -0.3 is 5.43 Å². The van der Waals surface area contributed by atoms with E-state index in [9.17, 15) is 4.79 Å². The van der Waals surface area contributed by atoms with Crippen LogP contribution < -0.4 is 5.43 Å². The molecule has 0 saturated heterocycles. The van der Waals surface area contributed by atoms with Gasteiger partial charge in [-0.05, 0) is 6.08 Å². The summed E-state index contributed by atoms with van der Waals surface area (Å²) < 4.78 is -0.0887. The van der Waals surface area contributed by atoms with Crippen molar-refractivity contribution in [2.75, 3.05) is 7.05 Å². The molecular formula is C9H16N2OS. The normalized spacial score (nSPS) is 12.5. The SMILES string of the molecule is C=C/C(=N\NC)C(=O)SC(C)(C)C. The molecule has 0 saturated carbocycles. The number of carbonyl (C=O) groups excluding carboxylic acids is 1. The number of hydrogen-bond donors (Lipinski definition) is 1. The van der Waals surface area contributed by atoms with Crippen LogP contribution in [0.5, 0.6) is 0 Å². The number of allylic oxidation sites excluding steroid dienone is 1. The molecule has 0 aliphatic carbocycles. The van der Waals surface area contributed by atoms with Gasteiger partial charge >= 0.3 is 0 Å². The topological polar surface area (TPSA) is 41.5 Å². The van der Waals surface area contributed by atoms with Crippen molar-refractivity contribution in [3.8, 4) is 0 Å². The van der Waals surface area contributed by atoms with Gasteiger partial charge in [0.25, 0.3) is 0 Å². The maximum absolute atomic E-state index is 11.5. The summed E-state index contributed by atoms with van der Waals surface area (Å²) in [6.45, 7) is 9.47. The fraction of sp³-hybridized carbons (Fsp3) is 0.556. The average molecular weight is 200 g/mol. The van der Waals surface area contributed by atoms with Gasteiger partial charge in [-0.15, -0.1) is 0 Å². The van der Waals surface area contributed by atoms with Gasteiger partial charge in [0, 0.05) is 11.8 Å². The number of rotatable bonds is 3. The molecule has 0 atom stereocenters. The number of nitrogens with zero attached hydrogens (tertiary/aromatic N) is 1. The summed E-state index contributed by atoms with van der Waals surface area (Å²) in [6.07, 6.45) is 1.46. The van der Waals surface area contributed by atoms with E-state index in [1.54, 1.807) is 7.05 Å². The van der Waals surface area contributed by atoms with Gasteiger partial charge in [-0.3, -0.25) is 4.79 Å². The third-order valence-corrected chi connectivity index (χ3v) is 2.04. The molecule has 0 unspecified atom stereocenters. The number of thioether (sulfide) groups is 1. The Kier molecular flexibility index (Phi) is 4.77. The zero-order chi connectivity index (χ0) is 10.5. The Morgan fingerprint density at radius 3 is 2.38 bits per heavy atom. The third-order valence-electron chi connectivity index (χ3n) is 1.03. The van der Waals surface area contributed by atoms with Crippen LogP contribution in [0, 0.1) is 0 Å². The van der Waals surface area contributed by atoms with Gasteiger partial charge in [0.15, 0.2) is 0 Å². The van der Waals surface area contributed by atoms with E-state index in [-0.39, 0.29) is 9.86 Å². The molecule has 0 fully saturated rings. The molecular weight excluding hydrogens is 184 g/mol. The smallest absolute Gasteiger partial charge is 0.240 e. The highest BCUT2D eigenvalue weighted by atomic mass is 32.2. The third kappa shape index (κ3) is 5.47. The summed E-state index contributed by atoms with van der Waals surface area (Å²) in [4.78, 5) is 11.5. The highest BCUT2D eigenvalue weighted by Crippen LogP contribution is 2.24. The van der Waals surface area contributed by atoms with E-state index < -0.39 is 0 Å². The maximum atomic E-state index is 11.5. The highest BCUT2D eigenvalue weighted by Gasteiger charge is 2.19. The van der Waals surface area contributed by atoms with Crippen molar-refractivity contribution in [1.29, 1.82) is 0 Å². The molecule has 0 aromatic heterocycles. The fourth-order valence-electron chi connectivity index (χ4n) is 0.625. The van der Waals surface area contributed by atoms with Crippen LogP contribution in [0.4, 0.5) is 0 Å². The summed E-state index contributed by atoms with van der Waals surface area (Å²) in [5.74, 6) is 0. The van der Waals surface area contributed by atoms with Gasteiger partial charge in [-0.25, -0.2) is 0 Å². The van der Waals surface area contributed by atoms with Crippen molar-refractivity contribution in [3.05, 3.63) is 12.7 Å².